The molecular formula is C18H16BrN3O3. The number of carbonyl (C=O) groups is 1. The number of H-pyrrole nitrogens is 1. The molecule has 1 heterocycles. The van der Waals surface area contributed by atoms with Crippen molar-refractivity contribution >= 4 is 38.4 Å². The van der Waals surface area contributed by atoms with Crippen LogP contribution < -0.4 is 16.6 Å². The van der Waals surface area contributed by atoms with Crippen molar-refractivity contribution in [1.82, 2.24) is 9.55 Å². The largest absolute Gasteiger partial charge is 0.328 e. The molecule has 0 spiro atoms. The fraction of sp³-hybridized carbons (Fsp3) is 0.167. The summed E-state index contributed by atoms with van der Waals surface area (Å²) in [4.78, 5) is 38.4. The maximum absolute atomic E-state index is 12.2. The molecule has 0 saturated heterocycles. The number of aromatic nitrogens is 2. The molecule has 3 rings (SSSR count). The predicted octanol–water partition coefficient (Wildman–Crippen LogP) is 2.79. The topological polar surface area (TPSA) is 84.0 Å². The summed E-state index contributed by atoms with van der Waals surface area (Å²) in [5.74, 6) is -0.201. The lowest BCUT2D eigenvalue weighted by molar-refractivity contribution is -0.116. The molecule has 7 heteroatoms. The number of nitrogens with zero attached hydrogens (tertiary/aromatic N) is 1. The van der Waals surface area contributed by atoms with Crippen molar-refractivity contribution in [3.63, 3.8) is 0 Å². The minimum Gasteiger partial charge on any atom is -0.326 e. The van der Waals surface area contributed by atoms with E-state index >= 15 is 0 Å². The molecule has 2 aromatic carbocycles. The third-order valence-electron chi connectivity index (χ3n) is 3.93. The Labute approximate surface area is 151 Å². The molecule has 0 fully saturated rings. The minimum atomic E-state index is -0.517. The van der Waals surface area contributed by atoms with Crippen LogP contribution >= 0.6 is 15.9 Å². The molecule has 1 aromatic heterocycles. The molecule has 0 atom stereocenters. The number of hydrogen-bond acceptors (Lipinski definition) is 3. The van der Waals surface area contributed by atoms with Gasteiger partial charge < -0.3 is 5.32 Å². The van der Waals surface area contributed by atoms with Gasteiger partial charge >= 0.3 is 5.69 Å². The summed E-state index contributed by atoms with van der Waals surface area (Å²) in [7, 11) is 0. The zero-order valence-corrected chi connectivity index (χ0v) is 15.1. The summed E-state index contributed by atoms with van der Waals surface area (Å²) >= 11 is 3.38. The first-order valence-corrected chi connectivity index (χ1v) is 8.53. The molecular weight excluding hydrogens is 386 g/mol. The van der Waals surface area contributed by atoms with E-state index in [1.165, 1.54) is 4.57 Å². The summed E-state index contributed by atoms with van der Waals surface area (Å²) in [5.41, 5.74) is 1.24. The normalized spacial score (nSPS) is 10.8. The van der Waals surface area contributed by atoms with Gasteiger partial charge in [0.1, 0.15) is 0 Å². The smallest absolute Gasteiger partial charge is 0.326 e. The van der Waals surface area contributed by atoms with Gasteiger partial charge in [-0.1, -0.05) is 28.1 Å². The number of anilines is 1. The second-order valence-electron chi connectivity index (χ2n) is 5.69. The van der Waals surface area contributed by atoms with E-state index in [0.29, 0.717) is 10.9 Å². The summed E-state index contributed by atoms with van der Waals surface area (Å²) in [6.45, 7) is 2.08. The molecule has 25 heavy (non-hydrogen) atoms. The average Bonchev–Trinajstić information content (AvgIpc) is 2.57. The highest BCUT2D eigenvalue weighted by Crippen LogP contribution is 2.20. The fourth-order valence-corrected chi connectivity index (χ4v) is 3.13. The number of hydrogen-bond donors (Lipinski definition) is 2. The minimum absolute atomic E-state index is 0.117. The molecule has 0 aliphatic heterocycles. The Kier molecular flexibility index (Phi) is 4.85. The molecule has 0 saturated carbocycles. The van der Waals surface area contributed by atoms with Gasteiger partial charge in [0.05, 0.1) is 10.9 Å². The Balaban J connectivity index is 1.80. The van der Waals surface area contributed by atoms with E-state index in [-0.39, 0.29) is 18.9 Å². The highest BCUT2D eigenvalue weighted by atomic mass is 79.9. The van der Waals surface area contributed by atoms with Crippen LogP contribution in [0.5, 0.6) is 0 Å². The highest BCUT2D eigenvalue weighted by molar-refractivity contribution is 9.10. The first kappa shape index (κ1) is 17.2. The maximum Gasteiger partial charge on any atom is 0.328 e. The van der Waals surface area contributed by atoms with Crippen LogP contribution in [0.1, 0.15) is 12.0 Å². The van der Waals surface area contributed by atoms with Crippen LogP contribution in [0.15, 0.2) is 56.5 Å². The number of para-hydroxylation sites is 1. The van der Waals surface area contributed by atoms with Crippen LogP contribution in [0.4, 0.5) is 5.69 Å². The molecule has 6 nitrogen and oxygen atoms in total. The van der Waals surface area contributed by atoms with Crippen molar-refractivity contribution in [2.45, 2.75) is 19.9 Å². The number of halogens is 1. The monoisotopic (exact) mass is 401 g/mol. The molecule has 2 N–H and O–H groups in total. The Hall–Kier alpha value is -2.67. The fourth-order valence-electron chi connectivity index (χ4n) is 2.66. The van der Waals surface area contributed by atoms with Crippen molar-refractivity contribution < 1.29 is 4.79 Å². The van der Waals surface area contributed by atoms with Gasteiger partial charge in [-0.2, -0.15) is 0 Å². The van der Waals surface area contributed by atoms with Crippen LogP contribution in [0.3, 0.4) is 0 Å². The van der Waals surface area contributed by atoms with Crippen molar-refractivity contribution in [2.75, 3.05) is 5.32 Å². The standard InChI is InChI=1S/C18H16BrN3O3/c1-11-10-12(19)6-7-14(11)20-16(23)8-9-22-15-5-3-2-4-13(15)17(24)21-18(22)25/h2-7,10H,8-9H2,1H3,(H,20,23)(H,21,24,25). The average molecular weight is 402 g/mol. The molecule has 0 aliphatic carbocycles. The Morgan fingerprint density at radius 3 is 2.72 bits per heavy atom. The van der Waals surface area contributed by atoms with Crippen LogP contribution in [0.2, 0.25) is 0 Å². The SMILES string of the molecule is Cc1cc(Br)ccc1NC(=O)CCn1c(=O)[nH]c(=O)c2ccccc21. The number of amides is 1. The number of fused-ring (bicyclic) bond motifs is 1. The van der Waals surface area contributed by atoms with Crippen LogP contribution in [0.25, 0.3) is 10.9 Å². The molecule has 0 unspecified atom stereocenters. The summed E-state index contributed by atoms with van der Waals surface area (Å²) < 4.78 is 2.35. The van der Waals surface area contributed by atoms with E-state index in [4.69, 9.17) is 0 Å². The van der Waals surface area contributed by atoms with Gasteiger partial charge in [0.15, 0.2) is 0 Å². The molecule has 0 radical (unpaired) electrons. The molecule has 0 aliphatic rings. The van der Waals surface area contributed by atoms with Gasteiger partial charge in [-0.25, -0.2) is 4.79 Å². The number of carbonyl (C=O) groups excluding carboxylic acids is 1. The molecule has 128 valence electrons. The van der Waals surface area contributed by atoms with Crippen molar-refractivity contribution in [1.29, 1.82) is 0 Å². The second-order valence-corrected chi connectivity index (χ2v) is 6.60. The van der Waals surface area contributed by atoms with Crippen LogP contribution in [-0.2, 0) is 11.3 Å². The number of rotatable bonds is 4. The number of nitrogens with one attached hydrogen (secondary N) is 2. The van der Waals surface area contributed by atoms with E-state index in [2.05, 4.69) is 26.2 Å². The van der Waals surface area contributed by atoms with Crippen LogP contribution in [-0.4, -0.2) is 15.5 Å². The number of benzene rings is 2. The predicted molar refractivity (Wildman–Crippen MR) is 101 cm³/mol. The Bertz CT molecular complexity index is 1070. The first-order chi connectivity index (χ1) is 12.0. The lowest BCUT2D eigenvalue weighted by atomic mass is 10.2. The van der Waals surface area contributed by atoms with E-state index < -0.39 is 11.2 Å². The lowest BCUT2D eigenvalue weighted by Crippen LogP contribution is -2.31. The number of aromatic amines is 1. The van der Waals surface area contributed by atoms with Crippen molar-refractivity contribution in [2.24, 2.45) is 0 Å². The zero-order valence-electron chi connectivity index (χ0n) is 13.5. The molecule has 1 amide bonds. The van der Waals surface area contributed by atoms with E-state index in [1.54, 1.807) is 24.3 Å². The summed E-state index contributed by atoms with van der Waals surface area (Å²) in [6, 6.07) is 12.4. The van der Waals surface area contributed by atoms with Crippen LogP contribution in [0, 0.1) is 6.92 Å². The van der Waals surface area contributed by atoms with E-state index in [1.807, 2.05) is 25.1 Å². The summed E-state index contributed by atoms with van der Waals surface area (Å²) in [6.07, 6.45) is 0.117. The highest BCUT2D eigenvalue weighted by Gasteiger charge is 2.10. The van der Waals surface area contributed by atoms with Gasteiger partial charge in [-0.05, 0) is 42.8 Å². The quantitative estimate of drug-likeness (QED) is 0.704. The summed E-state index contributed by atoms with van der Waals surface area (Å²) in [5, 5.41) is 3.26. The van der Waals surface area contributed by atoms with E-state index in [9.17, 15) is 14.4 Å². The third kappa shape index (κ3) is 3.71. The van der Waals surface area contributed by atoms with Gasteiger partial charge in [-0.3, -0.25) is 19.1 Å². The van der Waals surface area contributed by atoms with Gasteiger partial charge in [-0.15, -0.1) is 0 Å². The molecule has 3 aromatic rings. The van der Waals surface area contributed by atoms with Crippen molar-refractivity contribution in [3.8, 4) is 0 Å². The van der Waals surface area contributed by atoms with Crippen molar-refractivity contribution in [3.05, 3.63) is 73.3 Å². The Morgan fingerprint density at radius 2 is 1.96 bits per heavy atom. The molecule has 0 bridgehead atoms. The van der Waals surface area contributed by atoms with Gasteiger partial charge in [0.25, 0.3) is 5.56 Å². The van der Waals surface area contributed by atoms with Gasteiger partial charge in [0.2, 0.25) is 5.91 Å². The van der Waals surface area contributed by atoms with E-state index in [0.717, 1.165) is 15.7 Å². The second kappa shape index (κ2) is 7.06. The Morgan fingerprint density at radius 1 is 1.20 bits per heavy atom. The maximum atomic E-state index is 12.2. The lowest BCUT2D eigenvalue weighted by Gasteiger charge is -2.11. The zero-order chi connectivity index (χ0) is 18.0. The first-order valence-electron chi connectivity index (χ1n) is 7.73. The van der Waals surface area contributed by atoms with Gasteiger partial charge in [0, 0.05) is 23.1 Å². The number of aryl methyl sites for hydroxylation is 2. The third-order valence-corrected chi connectivity index (χ3v) is 4.42.